The zero-order chi connectivity index (χ0) is 8.55. The van der Waals surface area contributed by atoms with Crippen LogP contribution in [0, 0.1) is 23.7 Å². The standard InChI is InChI=1S/C11H20O/c1-8-3-10-5-9(2)11(4-8)7-12-6-10/h8-11H,3-7H2,1-2H3. The number of hydrogen-bond acceptors (Lipinski definition) is 1. The first-order valence-electron chi connectivity index (χ1n) is 5.33. The largest absolute Gasteiger partial charge is 0.381 e. The highest BCUT2D eigenvalue weighted by Gasteiger charge is 2.31. The van der Waals surface area contributed by atoms with E-state index in [0.29, 0.717) is 0 Å². The van der Waals surface area contributed by atoms with Gasteiger partial charge in [0.15, 0.2) is 0 Å². The van der Waals surface area contributed by atoms with Crippen molar-refractivity contribution in [1.29, 1.82) is 0 Å². The van der Waals surface area contributed by atoms with Gasteiger partial charge in [0, 0.05) is 13.2 Å². The minimum absolute atomic E-state index is 0.854. The fourth-order valence-corrected chi connectivity index (χ4v) is 2.98. The van der Waals surface area contributed by atoms with E-state index in [1.807, 2.05) is 0 Å². The Balaban J connectivity index is 2.11. The molecule has 1 saturated heterocycles. The zero-order valence-electron chi connectivity index (χ0n) is 8.25. The van der Waals surface area contributed by atoms with Gasteiger partial charge in [0.25, 0.3) is 0 Å². The lowest BCUT2D eigenvalue weighted by Gasteiger charge is -2.22. The van der Waals surface area contributed by atoms with Crippen LogP contribution in [-0.2, 0) is 4.74 Å². The summed E-state index contributed by atoms with van der Waals surface area (Å²) in [6.45, 7) is 6.88. The molecule has 2 bridgehead atoms. The van der Waals surface area contributed by atoms with Crippen LogP contribution in [0.4, 0.5) is 0 Å². The normalized spacial score (nSPS) is 48.5. The average Bonchev–Trinajstić information content (AvgIpc) is 2.18. The molecular formula is C11H20O. The Kier molecular flexibility index (Phi) is 2.40. The Morgan fingerprint density at radius 1 is 1.00 bits per heavy atom. The maximum atomic E-state index is 5.68. The molecule has 0 aromatic rings. The highest BCUT2D eigenvalue weighted by atomic mass is 16.5. The predicted molar refractivity (Wildman–Crippen MR) is 50.0 cm³/mol. The van der Waals surface area contributed by atoms with Crippen molar-refractivity contribution in [1.82, 2.24) is 0 Å². The van der Waals surface area contributed by atoms with E-state index in [2.05, 4.69) is 13.8 Å². The molecule has 0 aromatic heterocycles. The molecule has 2 rings (SSSR count). The Bertz CT molecular complexity index is 155. The van der Waals surface area contributed by atoms with Gasteiger partial charge in [0.2, 0.25) is 0 Å². The minimum Gasteiger partial charge on any atom is -0.381 e. The van der Waals surface area contributed by atoms with Crippen molar-refractivity contribution in [2.45, 2.75) is 33.1 Å². The quantitative estimate of drug-likeness (QED) is 0.540. The van der Waals surface area contributed by atoms with E-state index in [1.54, 1.807) is 0 Å². The number of fused-ring (bicyclic) bond motifs is 3. The number of ether oxygens (including phenoxy) is 1. The SMILES string of the molecule is CC1CC2COCC(C1)C(C)C2. The van der Waals surface area contributed by atoms with Gasteiger partial charge < -0.3 is 4.74 Å². The third-order valence-electron chi connectivity index (χ3n) is 3.64. The lowest BCUT2D eigenvalue weighted by atomic mass is 9.88. The van der Waals surface area contributed by atoms with Crippen molar-refractivity contribution in [3.8, 4) is 0 Å². The summed E-state index contributed by atoms with van der Waals surface area (Å²) in [5.74, 6) is 3.56. The molecule has 0 radical (unpaired) electrons. The highest BCUT2D eigenvalue weighted by Crippen LogP contribution is 2.37. The predicted octanol–water partition coefficient (Wildman–Crippen LogP) is 2.71. The fraction of sp³-hybridized carbons (Fsp3) is 1.00. The van der Waals surface area contributed by atoms with Crippen molar-refractivity contribution in [2.75, 3.05) is 13.2 Å². The third-order valence-corrected chi connectivity index (χ3v) is 3.64. The van der Waals surface area contributed by atoms with Crippen LogP contribution in [-0.4, -0.2) is 13.2 Å². The van der Waals surface area contributed by atoms with E-state index in [0.717, 1.165) is 36.9 Å². The van der Waals surface area contributed by atoms with Crippen LogP contribution in [0.2, 0.25) is 0 Å². The molecule has 2 fully saturated rings. The summed E-state index contributed by atoms with van der Waals surface area (Å²) in [7, 11) is 0. The first-order chi connectivity index (χ1) is 5.75. The molecule has 1 aliphatic carbocycles. The van der Waals surface area contributed by atoms with Crippen molar-refractivity contribution >= 4 is 0 Å². The molecule has 0 N–H and O–H groups in total. The summed E-state index contributed by atoms with van der Waals surface area (Å²) >= 11 is 0. The number of hydrogen-bond donors (Lipinski definition) is 0. The smallest absolute Gasteiger partial charge is 0.0497 e. The van der Waals surface area contributed by atoms with Crippen molar-refractivity contribution in [2.24, 2.45) is 23.7 Å². The van der Waals surface area contributed by atoms with Crippen molar-refractivity contribution in [3.05, 3.63) is 0 Å². The molecule has 0 amide bonds. The topological polar surface area (TPSA) is 9.23 Å². The molecule has 1 saturated carbocycles. The Morgan fingerprint density at radius 3 is 2.67 bits per heavy atom. The Hall–Kier alpha value is -0.0400. The molecule has 4 atom stereocenters. The van der Waals surface area contributed by atoms with Gasteiger partial charge in [0.05, 0.1) is 0 Å². The van der Waals surface area contributed by atoms with Crippen LogP contribution >= 0.6 is 0 Å². The molecule has 1 heterocycles. The van der Waals surface area contributed by atoms with Crippen LogP contribution in [0.1, 0.15) is 33.1 Å². The lowest BCUT2D eigenvalue weighted by molar-refractivity contribution is 0.0609. The summed E-state index contributed by atoms with van der Waals surface area (Å²) in [5.41, 5.74) is 0. The van der Waals surface area contributed by atoms with E-state index in [9.17, 15) is 0 Å². The van der Waals surface area contributed by atoms with Crippen LogP contribution < -0.4 is 0 Å². The van der Waals surface area contributed by atoms with Gasteiger partial charge in [-0.15, -0.1) is 0 Å². The second kappa shape index (κ2) is 3.37. The molecule has 1 heteroatoms. The zero-order valence-corrected chi connectivity index (χ0v) is 8.25. The average molecular weight is 168 g/mol. The lowest BCUT2D eigenvalue weighted by Crippen LogP contribution is -2.18. The maximum Gasteiger partial charge on any atom is 0.0497 e. The minimum atomic E-state index is 0.854. The molecule has 12 heavy (non-hydrogen) atoms. The van der Waals surface area contributed by atoms with Gasteiger partial charge in [-0.1, -0.05) is 13.8 Å². The van der Waals surface area contributed by atoms with Gasteiger partial charge in [-0.25, -0.2) is 0 Å². The van der Waals surface area contributed by atoms with Crippen molar-refractivity contribution < 1.29 is 4.74 Å². The summed E-state index contributed by atoms with van der Waals surface area (Å²) < 4.78 is 5.68. The van der Waals surface area contributed by atoms with E-state index in [1.165, 1.54) is 19.3 Å². The molecule has 1 nitrogen and oxygen atoms in total. The summed E-state index contributed by atoms with van der Waals surface area (Å²) in [6, 6.07) is 0. The van der Waals surface area contributed by atoms with Gasteiger partial charge in [-0.3, -0.25) is 0 Å². The van der Waals surface area contributed by atoms with Gasteiger partial charge in [0.1, 0.15) is 0 Å². The van der Waals surface area contributed by atoms with E-state index < -0.39 is 0 Å². The first kappa shape index (κ1) is 8.55. The second-order valence-corrected chi connectivity index (χ2v) is 4.95. The van der Waals surface area contributed by atoms with Gasteiger partial charge in [-0.2, -0.15) is 0 Å². The molecule has 1 aliphatic heterocycles. The molecule has 70 valence electrons. The van der Waals surface area contributed by atoms with Crippen LogP contribution in [0.15, 0.2) is 0 Å². The highest BCUT2D eigenvalue weighted by molar-refractivity contribution is 4.81. The van der Waals surface area contributed by atoms with Gasteiger partial charge >= 0.3 is 0 Å². The summed E-state index contributed by atoms with van der Waals surface area (Å²) in [6.07, 6.45) is 4.22. The van der Waals surface area contributed by atoms with E-state index >= 15 is 0 Å². The molecular weight excluding hydrogens is 148 g/mol. The summed E-state index contributed by atoms with van der Waals surface area (Å²) in [5, 5.41) is 0. The molecule has 2 aliphatic rings. The van der Waals surface area contributed by atoms with E-state index in [-0.39, 0.29) is 0 Å². The van der Waals surface area contributed by atoms with E-state index in [4.69, 9.17) is 4.74 Å². The molecule has 0 spiro atoms. The van der Waals surface area contributed by atoms with Crippen LogP contribution in [0.3, 0.4) is 0 Å². The van der Waals surface area contributed by atoms with Gasteiger partial charge in [-0.05, 0) is 42.9 Å². The maximum absolute atomic E-state index is 5.68. The monoisotopic (exact) mass is 168 g/mol. The molecule has 4 unspecified atom stereocenters. The van der Waals surface area contributed by atoms with Crippen molar-refractivity contribution in [3.63, 3.8) is 0 Å². The Labute approximate surface area is 75.5 Å². The number of rotatable bonds is 0. The van der Waals surface area contributed by atoms with Crippen LogP contribution in [0.5, 0.6) is 0 Å². The fourth-order valence-electron chi connectivity index (χ4n) is 2.98. The third kappa shape index (κ3) is 1.66. The molecule has 0 aromatic carbocycles. The second-order valence-electron chi connectivity index (χ2n) is 4.95. The summed E-state index contributed by atoms with van der Waals surface area (Å²) in [4.78, 5) is 0. The van der Waals surface area contributed by atoms with Crippen LogP contribution in [0.25, 0.3) is 0 Å². The first-order valence-corrected chi connectivity index (χ1v) is 5.33. The Morgan fingerprint density at radius 2 is 1.83 bits per heavy atom.